The van der Waals surface area contributed by atoms with Gasteiger partial charge in [0.2, 0.25) is 0 Å². The Bertz CT molecular complexity index is 11.6. The molecule has 0 heterocycles. The molecule has 0 unspecified atom stereocenters. The number of hydrogen-bond donors (Lipinski definition) is 0. The van der Waals surface area contributed by atoms with Gasteiger partial charge in [0.05, 0.1) is 0 Å². The molecular formula is H3LiMgNbYZn. The predicted octanol–water partition coefficient (Wildman–Crippen LogP) is -1.57. The number of hydrogen-bond acceptors (Lipinski definition) is 0. The molecule has 5 heavy (non-hydrogen) atoms. The van der Waals surface area contributed by atoms with Gasteiger partial charge >= 0.3 is 41.9 Å². The van der Waals surface area contributed by atoms with Crippen molar-refractivity contribution in [3.05, 3.63) is 0 Å². The molecule has 0 N–H and O–H groups in total. The van der Waals surface area contributed by atoms with Crippen LogP contribution >= 0.6 is 0 Å². The van der Waals surface area contributed by atoms with Crippen molar-refractivity contribution < 1.29 is 74.6 Å². The van der Waals surface area contributed by atoms with Gasteiger partial charge in [-0.1, -0.05) is 0 Å². The van der Waals surface area contributed by atoms with Crippen molar-refractivity contribution in [3.63, 3.8) is 0 Å². The molecule has 0 nitrogen and oxygen atoms in total. The smallest absolute Gasteiger partial charge is 0 e. The van der Waals surface area contributed by atoms with E-state index in [1.54, 1.807) is 0 Å². The molecule has 2 radical (unpaired) electrons. The van der Waals surface area contributed by atoms with E-state index in [2.05, 4.69) is 0 Å². The van der Waals surface area contributed by atoms with Crippen molar-refractivity contribution in [1.82, 2.24) is 0 Å². The van der Waals surface area contributed by atoms with E-state index in [1.807, 2.05) is 0 Å². The Morgan fingerprint density at radius 3 is 1.00 bits per heavy atom. The monoisotopic (exact) mass is 280 g/mol. The predicted molar refractivity (Wildman–Crippen MR) is 15.7 cm³/mol. The van der Waals surface area contributed by atoms with E-state index in [4.69, 9.17) is 0 Å². The first-order valence-electron chi connectivity index (χ1n) is 0. The second-order valence-electron chi connectivity index (χ2n) is 0. The summed E-state index contributed by atoms with van der Waals surface area (Å²) in [5.74, 6) is 0. The van der Waals surface area contributed by atoms with Gasteiger partial charge in [0.25, 0.3) is 0 Å². The Labute approximate surface area is 114 Å². The molecule has 0 rings (SSSR count). The molecule has 16 valence electrons. The molecule has 0 aromatic carbocycles. The third kappa shape index (κ3) is 18.1. The molecule has 0 aromatic heterocycles. The summed E-state index contributed by atoms with van der Waals surface area (Å²) in [6.07, 6.45) is 0. The molecule has 0 aromatic rings. The maximum Gasteiger partial charge on any atom is 0.316 e. The van der Waals surface area contributed by atoms with Gasteiger partial charge in [0.15, 0.2) is 0 Å². The van der Waals surface area contributed by atoms with E-state index in [1.165, 1.54) is 0 Å². The minimum absolute atomic E-state index is 0. The van der Waals surface area contributed by atoms with Crippen LogP contribution in [0.15, 0.2) is 0 Å². The maximum atomic E-state index is 0. The first kappa shape index (κ1) is 36.9. The summed E-state index contributed by atoms with van der Waals surface area (Å²) in [7, 11) is 0. The molecule has 5 heteroatoms. The van der Waals surface area contributed by atoms with Crippen molar-refractivity contribution in [1.29, 1.82) is 0 Å². The normalized spacial score (nSPS) is 0. The second kappa shape index (κ2) is 24.9. The quantitative estimate of drug-likeness (QED) is 0.471. The first-order chi connectivity index (χ1) is 0. The summed E-state index contributed by atoms with van der Waals surface area (Å²) in [5, 5.41) is 0. The Balaban J connectivity index is 0. The zero-order valence-electron chi connectivity index (χ0n) is 1.73. The largest absolute Gasteiger partial charge is 0.316 e. The molecule has 0 aliphatic rings. The van der Waals surface area contributed by atoms with Crippen LogP contribution in [0.25, 0.3) is 0 Å². The fourth-order valence-corrected chi connectivity index (χ4v) is 0. The average molecular weight is 281 g/mol. The van der Waals surface area contributed by atoms with Gasteiger partial charge < -0.3 is 0 Å². The van der Waals surface area contributed by atoms with E-state index in [9.17, 15) is 0 Å². The molecule has 0 bridgehead atoms. The summed E-state index contributed by atoms with van der Waals surface area (Å²) < 4.78 is 0. The van der Waals surface area contributed by atoms with Gasteiger partial charge in [0.1, 0.15) is 0 Å². The summed E-state index contributed by atoms with van der Waals surface area (Å²) in [5.41, 5.74) is 0. The average Bonchev–Trinajstić information content (AvgIpc) is 0. The fraction of sp³-hybridized carbons (Fsp3) is 0. The molecule has 0 aliphatic carbocycles. The van der Waals surface area contributed by atoms with Gasteiger partial charge in [-0.3, -0.25) is 0 Å². The Morgan fingerprint density at radius 2 is 1.00 bits per heavy atom. The van der Waals surface area contributed by atoms with Crippen molar-refractivity contribution in [2.75, 3.05) is 0 Å². The number of rotatable bonds is 0. The van der Waals surface area contributed by atoms with Crippen LogP contribution in [-0.2, 0) is 74.6 Å². The van der Waals surface area contributed by atoms with Gasteiger partial charge in [-0.2, -0.15) is 0 Å². The minimum Gasteiger partial charge on any atom is 0 e. The minimum atomic E-state index is 0. The molecule has 0 amide bonds. The van der Waals surface area contributed by atoms with Crippen molar-refractivity contribution >= 4 is 41.9 Å². The van der Waals surface area contributed by atoms with Crippen molar-refractivity contribution in [2.24, 2.45) is 0 Å². The Morgan fingerprint density at radius 1 is 1.00 bits per heavy atom. The maximum absolute atomic E-state index is 0. The third-order valence-corrected chi connectivity index (χ3v) is 0. The van der Waals surface area contributed by atoms with Gasteiger partial charge in [0, 0.05) is 74.6 Å². The SMILES string of the molecule is [LiH].[MgH2].[Nb].[Y].[Zn]. The summed E-state index contributed by atoms with van der Waals surface area (Å²) in [6.45, 7) is 0. The van der Waals surface area contributed by atoms with Gasteiger partial charge in [-0.25, -0.2) is 0 Å². The van der Waals surface area contributed by atoms with Gasteiger partial charge in [-0.15, -0.1) is 0 Å². The van der Waals surface area contributed by atoms with E-state index >= 15 is 0 Å². The van der Waals surface area contributed by atoms with Crippen LogP contribution < -0.4 is 0 Å². The molecule has 0 atom stereocenters. The molecule has 0 fully saturated rings. The van der Waals surface area contributed by atoms with E-state index < -0.39 is 0 Å². The first-order valence-corrected chi connectivity index (χ1v) is 0. The zero-order valence-corrected chi connectivity index (χ0v) is 9.74. The van der Waals surface area contributed by atoms with Crippen LogP contribution in [0.2, 0.25) is 0 Å². The molecular weight excluding hydrogens is 278 g/mol. The Hall–Kier alpha value is 3.83. The standard InChI is InChI=1S/Li.Mg.Nb.Y.Zn.3H. The third-order valence-electron chi connectivity index (χ3n) is 0. The molecule has 0 saturated carbocycles. The van der Waals surface area contributed by atoms with Gasteiger partial charge in [-0.05, 0) is 0 Å². The summed E-state index contributed by atoms with van der Waals surface area (Å²) in [4.78, 5) is 0. The molecule has 0 aliphatic heterocycles. The Kier molecular flexibility index (Phi) is 184. The van der Waals surface area contributed by atoms with Crippen molar-refractivity contribution in [2.45, 2.75) is 0 Å². The van der Waals surface area contributed by atoms with E-state index in [-0.39, 0.29) is 116 Å². The molecule has 0 spiro atoms. The topological polar surface area (TPSA) is 0 Å². The fourth-order valence-electron chi connectivity index (χ4n) is 0. The summed E-state index contributed by atoms with van der Waals surface area (Å²) in [6, 6.07) is 0. The van der Waals surface area contributed by atoms with Crippen LogP contribution in [0.4, 0.5) is 0 Å². The molecule has 0 saturated heterocycles. The zero-order chi connectivity index (χ0) is 0. The van der Waals surface area contributed by atoms with Crippen LogP contribution in [0.1, 0.15) is 0 Å². The van der Waals surface area contributed by atoms with E-state index in [0.29, 0.717) is 0 Å². The van der Waals surface area contributed by atoms with Crippen molar-refractivity contribution in [3.8, 4) is 0 Å². The van der Waals surface area contributed by atoms with Crippen LogP contribution in [0.5, 0.6) is 0 Å². The van der Waals surface area contributed by atoms with Crippen LogP contribution in [0, 0.1) is 0 Å². The summed E-state index contributed by atoms with van der Waals surface area (Å²) >= 11 is 0. The van der Waals surface area contributed by atoms with Crippen LogP contribution in [-0.4, -0.2) is 41.9 Å². The van der Waals surface area contributed by atoms with E-state index in [0.717, 1.165) is 0 Å². The second-order valence-corrected chi connectivity index (χ2v) is 0. The van der Waals surface area contributed by atoms with Crippen LogP contribution in [0.3, 0.4) is 0 Å².